The summed E-state index contributed by atoms with van der Waals surface area (Å²) in [6.07, 6.45) is 0.887. The minimum absolute atomic E-state index is 0.0121. The lowest BCUT2D eigenvalue weighted by Crippen LogP contribution is -2.54. The van der Waals surface area contributed by atoms with E-state index in [4.69, 9.17) is 11.6 Å². The molecule has 0 saturated carbocycles. The molecular formula is C35H37ClFN3O4S. The van der Waals surface area contributed by atoms with Gasteiger partial charge in [0.15, 0.2) is 0 Å². The molecule has 0 heterocycles. The van der Waals surface area contributed by atoms with Gasteiger partial charge in [-0.05, 0) is 67.3 Å². The standard InChI is InChI=1S/C35H37ClFN3O4S/c1-4-26(3)38-35(42)33(21-27-14-7-5-8-15-27)39(23-28-16-12-11-13-25(28)2)34(41)24-40(29-19-20-32(37)31(36)22-29)45(43,44)30-17-9-6-10-18-30/h5-20,22,26,33H,4,21,23-24H2,1-3H3,(H,38,42)/t26-,33+/m1/s1. The van der Waals surface area contributed by atoms with Gasteiger partial charge in [0.25, 0.3) is 10.0 Å². The lowest BCUT2D eigenvalue weighted by Gasteiger charge is -2.34. The molecule has 0 aromatic heterocycles. The second-order valence-electron chi connectivity index (χ2n) is 10.9. The van der Waals surface area contributed by atoms with E-state index in [0.717, 1.165) is 27.1 Å². The summed E-state index contributed by atoms with van der Waals surface area (Å²) in [5, 5.41) is 2.72. The van der Waals surface area contributed by atoms with Gasteiger partial charge in [-0.25, -0.2) is 12.8 Å². The van der Waals surface area contributed by atoms with E-state index in [9.17, 15) is 22.4 Å². The molecule has 0 unspecified atom stereocenters. The summed E-state index contributed by atoms with van der Waals surface area (Å²) < 4.78 is 43.1. The fourth-order valence-corrected chi connectivity index (χ4v) is 6.46. The lowest BCUT2D eigenvalue weighted by atomic mass is 10.0. The number of hydrogen-bond donors (Lipinski definition) is 1. The summed E-state index contributed by atoms with van der Waals surface area (Å²) in [5.74, 6) is -1.69. The number of benzene rings is 4. The Morgan fingerprint density at radius 2 is 1.53 bits per heavy atom. The van der Waals surface area contributed by atoms with Gasteiger partial charge in [-0.1, -0.05) is 91.3 Å². The number of carbonyl (C=O) groups is 2. The van der Waals surface area contributed by atoms with Gasteiger partial charge in [-0.15, -0.1) is 0 Å². The summed E-state index contributed by atoms with van der Waals surface area (Å²) in [6.45, 7) is 5.15. The van der Waals surface area contributed by atoms with Crippen LogP contribution < -0.4 is 9.62 Å². The maximum absolute atomic E-state index is 14.5. The molecule has 0 saturated heterocycles. The van der Waals surface area contributed by atoms with Crippen LogP contribution in [-0.4, -0.2) is 43.8 Å². The summed E-state index contributed by atoms with van der Waals surface area (Å²) in [4.78, 5) is 29.8. The normalized spacial score (nSPS) is 12.6. The Balaban J connectivity index is 1.83. The molecule has 0 spiro atoms. The second kappa shape index (κ2) is 15.2. The van der Waals surface area contributed by atoms with Gasteiger partial charge in [0.2, 0.25) is 11.8 Å². The first-order valence-corrected chi connectivity index (χ1v) is 16.5. The van der Waals surface area contributed by atoms with Crippen LogP contribution in [0.2, 0.25) is 5.02 Å². The highest BCUT2D eigenvalue weighted by atomic mass is 35.5. The van der Waals surface area contributed by atoms with E-state index in [1.165, 1.54) is 29.2 Å². The molecule has 4 rings (SSSR count). The van der Waals surface area contributed by atoms with Crippen LogP contribution in [-0.2, 0) is 32.6 Å². The molecule has 45 heavy (non-hydrogen) atoms. The number of nitrogens with one attached hydrogen (secondary N) is 1. The van der Waals surface area contributed by atoms with Crippen molar-refractivity contribution in [2.45, 2.75) is 57.1 Å². The molecule has 0 bridgehead atoms. The highest BCUT2D eigenvalue weighted by Gasteiger charge is 2.35. The molecule has 10 heteroatoms. The van der Waals surface area contributed by atoms with Crippen molar-refractivity contribution in [1.29, 1.82) is 0 Å². The Kier molecular flexibility index (Phi) is 11.4. The van der Waals surface area contributed by atoms with Crippen LogP contribution in [0, 0.1) is 12.7 Å². The summed E-state index contributed by atoms with van der Waals surface area (Å²) in [5.41, 5.74) is 2.57. The number of anilines is 1. The second-order valence-corrected chi connectivity index (χ2v) is 13.2. The van der Waals surface area contributed by atoms with E-state index in [-0.39, 0.29) is 40.5 Å². The molecule has 1 N–H and O–H groups in total. The van der Waals surface area contributed by atoms with Crippen LogP contribution in [0.25, 0.3) is 0 Å². The SMILES string of the molecule is CC[C@@H](C)NC(=O)[C@H](Cc1ccccc1)N(Cc1ccccc1C)C(=O)CN(c1ccc(F)c(Cl)c1)S(=O)(=O)c1ccccc1. The number of aryl methyl sites for hydroxylation is 1. The quantitative estimate of drug-likeness (QED) is 0.178. The number of nitrogens with zero attached hydrogens (tertiary/aromatic N) is 2. The first-order chi connectivity index (χ1) is 21.5. The summed E-state index contributed by atoms with van der Waals surface area (Å²) >= 11 is 6.08. The molecule has 2 atom stereocenters. The van der Waals surface area contributed by atoms with Gasteiger partial charge in [-0.2, -0.15) is 0 Å². The lowest BCUT2D eigenvalue weighted by molar-refractivity contribution is -0.140. The zero-order valence-electron chi connectivity index (χ0n) is 25.5. The van der Waals surface area contributed by atoms with Crippen molar-refractivity contribution in [2.24, 2.45) is 0 Å². The zero-order valence-corrected chi connectivity index (χ0v) is 27.1. The van der Waals surface area contributed by atoms with Crippen LogP contribution >= 0.6 is 11.6 Å². The number of halogens is 2. The van der Waals surface area contributed by atoms with E-state index < -0.39 is 34.3 Å². The predicted octanol–water partition coefficient (Wildman–Crippen LogP) is 6.54. The zero-order chi connectivity index (χ0) is 32.6. The summed E-state index contributed by atoms with van der Waals surface area (Å²) in [6, 6.07) is 26.9. The molecule has 0 aliphatic rings. The Labute approximate surface area is 269 Å². The van der Waals surface area contributed by atoms with Gasteiger partial charge < -0.3 is 10.2 Å². The largest absolute Gasteiger partial charge is 0.352 e. The number of carbonyl (C=O) groups excluding carboxylic acids is 2. The van der Waals surface area contributed by atoms with Crippen molar-refractivity contribution in [3.8, 4) is 0 Å². The molecule has 0 aliphatic carbocycles. The van der Waals surface area contributed by atoms with Crippen LogP contribution in [0.4, 0.5) is 10.1 Å². The smallest absolute Gasteiger partial charge is 0.264 e. The number of hydrogen-bond acceptors (Lipinski definition) is 4. The minimum atomic E-state index is -4.32. The Bertz CT molecular complexity index is 1720. The molecule has 0 aliphatic heterocycles. The molecule has 4 aromatic rings. The van der Waals surface area contributed by atoms with Crippen molar-refractivity contribution in [3.05, 3.63) is 131 Å². The van der Waals surface area contributed by atoms with E-state index in [2.05, 4.69) is 5.32 Å². The minimum Gasteiger partial charge on any atom is -0.352 e. The summed E-state index contributed by atoms with van der Waals surface area (Å²) in [7, 11) is -4.32. The van der Waals surface area contributed by atoms with Crippen LogP contribution in [0.3, 0.4) is 0 Å². The average molecular weight is 650 g/mol. The Morgan fingerprint density at radius 1 is 0.911 bits per heavy atom. The molecule has 7 nitrogen and oxygen atoms in total. The Morgan fingerprint density at radius 3 is 2.16 bits per heavy atom. The van der Waals surface area contributed by atoms with Crippen molar-refractivity contribution >= 4 is 39.1 Å². The van der Waals surface area contributed by atoms with Gasteiger partial charge in [0.05, 0.1) is 15.6 Å². The molecule has 4 aromatic carbocycles. The van der Waals surface area contributed by atoms with Crippen LogP contribution in [0.15, 0.2) is 108 Å². The van der Waals surface area contributed by atoms with E-state index in [1.54, 1.807) is 18.2 Å². The third-order valence-electron chi connectivity index (χ3n) is 7.68. The maximum Gasteiger partial charge on any atom is 0.264 e. The average Bonchev–Trinajstić information content (AvgIpc) is 3.04. The van der Waals surface area contributed by atoms with Crippen molar-refractivity contribution in [1.82, 2.24) is 10.2 Å². The number of sulfonamides is 1. The highest BCUT2D eigenvalue weighted by molar-refractivity contribution is 7.92. The predicted molar refractivity (Wildman–Crippen MR) is 176 cm³/mol. The molecule has 236 valence electrons. The molecule has 2 amide bonds. The topological polar surface area (TPSA) is 86.8 Å². The third-order valence-corrected chi connectivity index (χ3v) is 9.75. The van der Waals surface area contributed by atoms with E-state index in [1.807, 2.05) is 75.4 Å². The fraction of sp³-hybridized carbons (Fsp3) is 0.257. The van der Waals surface area contributed by atoms with Crippen molar-refractivity contribution in [2.75, 3.05) is 10.8 Å². The van der Waals surface area contributed by atoms with Gasteiger partial charge in [0.1, 0.15) is 18.4 Å². The van der Waals surface area contributed by atoms with Crippen molar-refractivity contribution < 1.29 is 22.4 Å². The van der Waals surface area contributed by atoms with E-state index in [0.29, 0.717) is 6.42 Å². The fourth-order valence-electron chi connectivity index (χ4n) is 4.85. The number of amides is 2. The molecular weight excluding hydrogens is 613 g/mol. The monoisotopic (exact) mass is 649 g/mol. The first-order valence-electron chi connectivity index (χ1n) is 14.7. The number of rotatable bonds is 13. The van der Waals surface area contributed by atoms with E-state index >= 15 is 0 Å². The van der Waals surface area contributed by atoms with Crippen LogP contribution in [0.5, 0.6) is 0 Å². The first kappa shape index (κ1) is 33.7. The van der Waals surface area contributed by atoms with Crippen molar-refractivity contribution in [3.63, 3.8) is 0 Å². The molecule has 0 radical (unpaired) electrons. The molecule has 0 fully saturated rings. The Hall–Kier alpha value is -4.21. The highest BCUT2D eigenvalue weighted by Crippen LogP contribution is 2.28. The van der Waals surface area contributed by atoms with Gasteiger partial charge >= 0.3 is 0 Å². The van der Waals surface area contributed by atoms with Gasteiger partial charge in [0, 0.05) is 19.0 Å². The maximum atomic E-state index is 14.5. The van der Waals surface area contributed by atoms with Gasteiger partial charge in [-0.3, -0.25) is 13.9 Å². The third kappa shape index (κ3) is 8.49. The van der Waals surface area contributed by atoms with Crippen LogP contribution in [0.1, 0.15) is 37.0 Å².